The van der Waals surface area contributed by atoms with E-state index in [1.165, 1.54) is 22.9 Å². The highest BCUT2D eigenvalue weighted by Gasteiger charge is 2.30. The molecule has 0 saturated heterocycles. The van der Waals surface area contributed by atoms with Gasteiger partial charge in [-0.15, -0.1) is 0 Å². The first-order valence-corrected chi connectivity index (χ1v) is 5.89. The Balaban J connectivity index is 2.20. The summed E-state index contributed by atoms with van der Waals surface area (Å²) in [5, 5.41) is 0.321. The number of fused-ring (bicyclic) bond motifs is 4. The Morgan fingerprint density at radius 1 is 1.15 bits per heavy atom. The second kappa shape index (κ2) is 3.57. The minimum Gasteiger partial charge on any atom is -0.285 e. The smallest absolute Gasteiger partial charge is 0.267 e. The number of aromatic nitrogens is 3. The van der Waals surface area contributed by atoms with E-state index in [2.05, 4.69) is 9.97 Å². The molecule has 0 fully saturated rings. The molecule has 96 valence electrons. The van der Waals surface area contributed by atoms with E-state index in [0.717, 1.165) is 6.07 Å². The van der Waals surface area contributed by atoms with Crippen LogP contribution in [0.1, 0.15) is 16.2 Å². The summed E-state index contributed by atoms with van der Waals surface area (Å²) in [6.07, 6.45) is 1.50. The van der Waals surface area contributed by atoms with E-state index in [9.17, 15) is 14.0 Å². The molecular weight excluding hydrogens is 261 g/mol. The van der Waals surface area contributed by atoms with Crippen LogP contribution in [-0.2, 0) is 0 Å². The zero-order chi connectivity index (χ0) is 13.9. The fraction of sp³-hybridized carbons (Fsp3) is 0. The molecule has 3 heterocycles. The molecular formula is C14H6FN3O2. The molecule has 0 aliphatic carbocycles. The van der Waals surface area contributed by atoms with Crippen molar-refractivity contribution in [3.05, 3.63) is 64.1 Å². The van der Waals surface area contributed by atoms with Gasteiger partial charge in [0, 0.05) is 6.20 Å². The number of ketones is 1. The predicted molar refractivity (Wildman–Crippen MR) is 68.5 cm³/mol. The van der Waals surface area contributed by atoms with Crippen LogP contribution in [-0.4, -0.2) is 20.3 Å². The number of hydrogen-bond acceptors (Lipinski definition) is 4. The summed E-state index contributed by atoms with van der Waals surface area (Å²) in [5.74, 6) is -1.02. The first-order valence-electron chi connectivity index (χ1n) is 5.89. The van der Waals surface area contributed by atoms with Crippen molar-refractivity contribution in [3.8, 4) is 5.69 Å². The van der Waals surface area contributed by atoms with Gasteiger partial charge in [0.25, 0.3) is 5.56 Å². The Bertz CT molecular complexity index is 962. The molecule has 0 unspecified atom stereocenters. The van der Waals surface area contributed by atoms with E-state index in [-0.39, 0.29) is 22.6 Å². The Labute approximate surface area is 111 Å². The maximum atomic E-state index is 13.3. The standard InChI is InChI=1S/C14H6FN3O2/c15-7-3-4-10-9(6-7)11(19)13-17-12-8(2-1-5-16-12)14(20)18(10)13/h1-6H. The van der Waals surface area contributed by atoms with Crippen LogP contribution in [0, 0.1) is 5.82 Å². The lowest BCUT2D eigenvalue weighted by Crippen LogP contribution is -2.21. The maximum Gasteiger partial charge on any atom is 0.267 e. The number of pyridine rings is 1. The average Bonchev–Trinajstić information content (AvgIpc) is 2.73. The van der Waals surface area contributed by atoms with Crippen LogP contribution >= 0.6 is 0 Å². The number of hydrogen-bond donors (Lipinski definition) is 0. The van der Waals surface area contributed by atoms with Gasteiger partial charge in [-0.05, 0) is 30.3 Å². The van der Waals surface area contributed by atoms with Gasteiger partial charge in [0.05, 0.1) is 16.6 Å². The quantitative estimate of drug-likeness (QED) is 0.484. The fourth-order valence-electron chi connectivity index (χ4n) is 2.40. The summed E-state index contributed by atoms with van der Waals surface area (Å²) in [7, 11) is 0. The number of benzene rings is 1. The van der Waals surface area contributed by atoms with Crippen LogP contribution in [0.25, 0.3) is 16.7 Å². The summed E-state index contributed by atoms with van der Waals surface area (Å²) in [6.45, 7) is 0. The third-order valence-corrected chi connectivity index (χ3v) is 3.29. The molecule has 2 aromatic heterocycles. The summed E-state index contributed by atoms with van der Waals surface area (Å²) in [6, 6.07) is 6.95. The summed E-state index contributed by atoms with van der Waals surface area (Å²) in [4.78, 5) is 32.8. The second-order valence-electron chi connectivity index (χ2n) is 4.44. The lowest BCUT2D eigenvalue weighted by molar-refractivity contribution is 0.103. The summed E-state index contributed by atoms with van der Waals surface area (Å²) >= 11 is 0. The van der Waals surface area contributed by atoms with Gasteiger partial charge in [0.15, 0.2) is 11.5 Å². The summed E-state index contributed by atoms with van der Waals surface area (Å²) in [5.41, 5.74) is 0.335. The molecule has 0 saturated carbocycles. The molecule has 0 amide bonds. The van der Waals surface area contributed by atoms with Gasteiger partial charge < -0.3 is 0 Å². The highest BCUT2D eigenvalue weighted by atomic mass is 19.1. The van der Waals surface area contributed by atoms with Crippen LogP contribution in [0.15, 0.2) is 41.3 Å². The molecule has 4 rings (SSSR count). The molecule has 6 heteroatoms. The molecule has 1 aliphatic rings. The number of carbonyl (C=O) groups is 1. The minimum absolute atomic E-state index is 0.0261. The molecule has 0 radical (unpaired) electrons. The van der Waals surface area contributed by atoms with E-state index < -0.39 is 11.6 Å². The highest BCUT2D eigenvalue weighted by Crippen LogP contribution is 2.26. The van der Waals surface area contributed by atoms with Gasteiger partial charge in [0.1, 0.15) is 5.82 Å². The fourth-order valence-corrected chi connectivity index (χ4v) is 2.40. The van der Waals surface area contributed by atoms with Gasteiger partial charge in [-0.3, -0.25) is 14.2 Å². The Morgan fingerprint density at radius 3 is 2.85 bits per heavy atom. The van der Waals surface area contributed by atoms with Crippen molar-refractivity contribution in [1.82, 2.24) is 14.5 Å². The highest BCUT2D eigenvalue weighted by molar-refractivity contribution is 6.13. The zero-order valence-electron chi connectivity index (χ0n) is 10.0. The van der Waals surface area contributed by atoms with Crippen molar-refractivity contribution in [2.45, 2.75) is 0 Å². The normalized spacial score (nSPS) is 12.6. The van der Waals surface area contributed by atoms with E-state index in [1.54, 1.807) is 12.1 Å². The van der Waals surface area contributed by atoms with Crippen LogP contribution in [0.2, 0.25) is 0 Å². The number of carbonyl (C=O) groups excluding carboxylic acids is 1. The monoisotopic (exact) mass is 267 g/mol. The third kappa shape index (κ3) is 1.25. The lowest BCUT2D eigenvalue weighted by Gasteiger charge is -2.04. The van der Waals surface area contributed by atoms with Crippen LogP contribution < -0.4 is 5.56 Å². The minimum atomic E-state index is -0.527. The van der Waals surface area contributed by atoms with Crippen molar-refractivity contribution in [1.29, 1.82) is 0 Å². The molecule has 1 aliphatic heterocycles. The number of rotatable bonds is 0. The van der Waals surface area contributed by atoms with Crippen molar-refractivity contribution in [3.63, 3.8) is 0 Å². The number of halogens is 1. The molecule has 0 bridgehead atoms. The van der Waals surface area contributed by atoms with Crippen LogP contribution in [0.4, 0.5) is 4.39 Å². The van der Waals surface area contributed by atoms with Crippen LogP contribution in [0.5, 0.6) is 0 Å². The molecule has 5 nitrogen and oxygen atoms in total. The van der Waals surface area contributed by atoms with Gasteiger partial charge in [-0.2, -0.15) is 0 Å². The molecule has 3 aromatic rings. The molecule has 0 N–H and O–H groups in total. The van der Waals surface area contributed by atoms with Crippen molar-refractivity contribution >= 4 is 16.8 Å². The lowest BCUT2D eigenvalue weighted by atomic mass is 10.1. The van der Waals surface area contributed by atoms with E-state index in [4.69, 9.17) is 0 Å². The topological polar surface area (TPSA) is 64.8 Å². The molecule has 0 spiro atoms. The molecule has 20 heavy (non-hydrogen) atoms. The van der Waals surface area contributed by atoms with Gasteiger partial charge in [-0.1, -0.05) is 0 Å². The van der Waals surface area contributed by atoms with Crippen molar-refractivity contribution in [2.24, 2.45) is 0 Å². The molecule has 0 atom stereocenters. The predicted octanol–water partition coefficient (Wildman–Crippen LogP) is 1.46. The van der Waals surface area contributed by atoms with Gasteiger partial charge in [0.2, 0.25) is 5.78 Å². The van der Waals surface area contributed by atoms with Crippen molar-refractivity contribution in [2.75, 3.05) is 0 Å². The van der Waals surface area contributed by atoms with E-state index in [0.29, 0.717) is 11.1 Å². The third-order valence-electron chi connectivity index (χ3n) is 3.29. The Morgan fingerprint density at radius 2 is 2.00 bits per heavy atom. The van der Waals surface area contributed by atoms with E-state index in [1.807, 2.05) is 0 Å². The second-order valence-corrected chi connectivity index (χ2v) is 4.44. The average molecular weight is 267 g/mol. The maximum absolute atomic E-state index is 13.3. The van der Waals surface area contributed by atoms with E-state index >= 15 is 0 Å². The van der Waals surface area contributed by atoms with Crippen LogP contribution in [0.3, 0.4) is 0 Å². The number of nitrogens with zero attached hydrogens (tertiary/aromatic N) is 3. The largest absolute Gasteiger partial charge is 0.285 e. The Hall–Kier alpha value is -2.89. The van der Waals surface area contributed by atoms with Gasteiger partial charge in [-0.25, -0.2) is 14.4 Å². The zero-order valence-corrected chi connectivity index (χ0v) is 10.0. The summed E-state index contributed by atoms with van der Waals surface area (Å²) < 4.78 is 14.5. The van der Waals surface area contributed by atoms with Crippen molar-refractivity contribution < 1.29 is 9.18 Å². The Kier molecular flexibility index (Phi) is 1.96. The molecule has 1 aromatic carbocycles. The van der Waals surface area contributed by atoms with Gasteiger partial charge >= 0.3 is 0 Å². The first kappa shape index (κ1) is 11.0. The first-order chi connectivity index (χ1) is 9.66. The SMILES string of the molecule is O=C1c2cc(F)ccc2-n2c1nc1ncccc1c2=O.